The Bertz CT molecular complexity index is 1420. The van der Waals surface area contributed by atoms with Crippen LogP contribution in [0.25, 0.3) is 0 Å². The number of hydrogen-bond acceptors (Lipinski definition) is 4. The van der Waals surface area contributed by atoms with Crippen molar-refractivity contribution in [3.05, 3.63) is 94.2 Å². The molecule has 0 saturated heterocycles. The summed E-state index contributed by atoms with van der Waals surface area (Å²) in [5.74, 6) is -1.42. The summed E-state index contributed by atoms with van der Waals surface area (Å²) in [7, 11) is -4.25. The molecule has 0 saturated carbocycles. The van der Waals surface area contributed by atoms with Gasteiger partial charge in [0.2, 0.25) is 11.8 Å². The monoisotopic (exact) mass is 607 g/mol. The van der Waals surface area contributed by atoms with Gasteiger partial charge in [0.1, 0.15) is 18.4 Å². The standard InChI is InChI=1S/C29H32Cl2FN3O4S/c1-4-20(3)33-29(37)27(5-2)34(18-21-9-13-24(32)14-10-21)28(36)19-35(25-8-6-7-23(31)17-25)40(38,39)26-15-11-22(30)12-16-26/h6-17,20,27H,4-5,18-19H2,1-3H3,(H,33,37)/t20-,27-/m0/s1. The van der Waals surface area contributed by atoms with Gasteiger partial charge < -0.3 is 10.2 Å². The smallest absolute Gasteiger partial charge is 0.264 e. The van der Waals surface area contributed by atoms with E-state index in [0.29, 0.717) is 17.0 Å². The number of nitrogens with zero attached hydrogens (tertiary/aromatic N) is 2. The van der Waals surface area contributed by atoms with E-state index >= 15 is 0 Å². The van der Waals surface area contributed by atoms with Crippen molar-refractivity contribution in [2.75, 3.05) is 10.8 Å². The number of rotatable bonds is 12. The van der Waals surface area contributed by atoms with Crippen molar-refractivity contribution >= 4 is 50.7 Å². The molecular weight excluding hydrogens is 576 g/mol. The third-order valence-electron chi connectivity index (χ3n) is 6.43. The van der Waals surface area contributed by atoms with E-state index in [-0.39, 0.29) is 40.5 Å². The third-order valence-corrected chi connectivity index (χ3v) is 8.70. The minimum atomic E-state index is -4.25. The van der Waals surface area contributed by atoms with Crippen molar-refractivity contribution in [2.24, 2.45) is 0 Å². The van der Waals surface area contributed by atoms with E-state index in [0.717, 1.165) is 4.31 Å². The molecule has 7 nitrogen and oxygen atoms in total. The first-order valence-corrected chi connectivity index (χ1v) is 15.0. The Hall–Kier alpha value is -3.14. The summed E-state index contributed by atoms with van der Waals surface area (Å²) in [6.45, 7) is 4.91. The zero-order valence-electron chi connectivity index (χ0n) is 22.5. The second-order valence-electron chi connectivity index (χ2n) is 9.34. The molecule has 0 aliphatic rings. The zero-order chi connectivity index (χ0) is 29.4. The van der Waals surface area contributed by atoms with Crippen LogP contribution in [0.15, 0.2) is 77.7 Å². The maximum absolute atomic E-state index is 14.0. The summed E-state index contributed by atoms with van der Waals surface area (Å²) in [4.78, 5) is 28.5. The molecule has 0 aliphatic heterocycles. The highest BCUT2D eigenvalue weighted by molar-refractivity contribution is 7.92. The molecule has 3 aromatic carbocycles. The van der Waals surface area contributed by atoms with Crippen molar-refractivity contribution in [3.8, 4) is 0 Å². The second kappa shape index (κ2) is 14.0. The minimum absolute atomic E-state index is 0.0318. The number of carbonyl (C=O) groups is 2. The Morgan fingerprint density at radius 3 is 2.15 bits per heavy atom. The third kappa shape index (κ3) is 7.96. The number of anilines is 1. The van der Waals surface area contributed by atoms with Crippen molar-refractivity contribution in [1.82, 2.24) is 10.2 Å². The van der Waals surface area contributed by atoms with E-state index in [2.05, 4.69) is 5.32 Å². The predicted octanol–water partition coefficient (Wildman–Crippen LogP) is 6.05. The number of carbonyl (C=O) groups excluding carboxylic acids is 2. The molecule has 2 atom stereocenters. The molecule has 40 heavy (non-hydrogen) atoms. The fraction of sp³-hybridized carbons (Fsp3) is 0.310. The number of amides is 2. The average Bonchev–Trinajstić information content (AvgIpc) is 2.92. The van der Waals surface area contributed by atoms with Gasteiger partial charge in [-0.3, -0.25) is 13.9 Å². The first-order valence-electron chi connectivity index (χ1n) is 12.8. The van der Waals surface area contributed by atoms with Crippen LogP contribution in [0.2, 0.25) is 10.0 Å². The molecule has 0 heterocycles. The summed E-state index contributed by atoms with van der Waals surface area (Å²) in [5, 5.41) is 3.55. The van der Waals surface area contributed by atoms with Gasteiger partial charge in [-0.15, -0.1) is 0 Å². The van der Waals surface area contributed by atoms with Gasteiger partial charge >= 0.3 is 0 Å². The lowest BCUT2D eigenvalue weighted by atomic mass is 10.1. The molecule has 3 rings (SSSR count). The molecule has 3 aromatic rings. The number of benzene rings is 3. The number of halogens is 3. The van der Waals surface area contributed by atoms with Crippen LogP contribution in [0.4, 0.5) is 10.1 Å². The first kappa shape index (κ1) is 31.4. The first-order chi connectivity index (χ1) is 19.0. The van der Waals surface area contributed by atoms with Gasteiger partial charge in [0, 0.05) is 22.6 Å². The van der Waals surface area contributed by atoms with Crippen LogP contribution >= 0.6 is 23.2 Å². The van der Waals surface area contributed by atoms with Crippen LogP contribution in [-0.4, -0.2) is 43.8 Å². The van der Waals surface area contributed by atoms with Crippen LogP contribution < -0.4 is 9.62 Å². The second-order valence-corrected chi connectivity index (χ2v) is 12.1. The van der Waals surface area contributed by atoms with Gasteiger partial charge in [-0.05, 0) is 79.9 Å². The molecule has 1 N–H and O–H groups in total. The van der Waals surface area contributed by atoms with Crippen LogP contribution in [0, 0.1) is 5.82 Å². The lowest BCUT2D eigenvalue weighted by Crippen LogP contribution is -2.53. The SMILES string of the molecule is CC[C@H](C)NC(=O)[C@H](CC)N(Cc1ccc(F)cc1)C(=O)CN(c1cccc(Cl)c1)S(=O)(=O)c1ccc(Cl)cc1. The van der Waals surface area contributed by atoms with Gasteiger partial charge in [0.15, 0.2) is 0 Å². The quantitative estimate of drug-likeness (QED) is 0.271. The molecule has 214 valence electrons. The fourth-order valence-corrected chi connectivity index (χ4v) is 5.76. The van der Waals surface area contributed by atoms with Crippen LogP contribution in [-0.2, 0) is 26.2 Å². The Morgan fingerprint density at radius 2 is 1.57 bits per heavy atom. The van der Waals surface area contributed by atoms with E-state index in [1.165, 1.54) is 65.6 Å². The van der Waals surface area contributed by atoms with Gasteiger partial charge in [0.05, 0.1) is 10.6 Å². The van der Waals surface area contributed by atoms with E-state index in [1.807, 2.05) is 13.8 Å². The Balaban J connectivity index is 2.05. The number of nitrogens with one attached hydrogen (secondary N) is 1. The molecule has 11 heteroatoms. The van der Waals surface area contributed by atoms with Crippen molar-refractivity contribution < 1.29 is 22.4 Å². The van der Waals surface area contributed by atoms with Gasteiger partial charge in [-0.2, -0.15) is 0 Å². The fourth-order valence-electron chi connectivity index (χ4n) is 4.04. The number of hydrogen-bond donors (Lipinski definition) is 1. The summed E-state index contributed by atoms with van der Waals surface area (Å²) in [6, 6.07) is 16.3. The molecule has 0 radical (unpaired) electrons. The van der Waals surface area contributed by atoms with E-state index in [9.17, 15) is 22.4 Å². The molecule has 0 aliphatic carbocycles. The highest BCUT2D eigenvalue weighted by atomic mass is 35.5. The van der Waals surface area contributed by atoms with Gasteiger partial charge in [-0.25, -0.2) is 12.8 Å². The molecule has 0 aromatic heterocycles. The predicted molar refractivity (Wildman–Crippen MR) is 156 cm³/mol. The Kier molecular flexibility index (Phi) is 11.0. The Labute approximate surface area is 244 Å². The molecule has 0 bridgehead atoms. The summed E-state index contributed by atoms with van der Waals surface area (Å²) in [5.41, 5.74) is 0.758. The lowest BCUT2D eigenvalue weighted by molar-refractivity contribution is -0.140. The topological polar surface area (TPSA) is 86.8 Å². The summed E-state index contributed by atoms with van der Waals surface area (Å²) in [6.07, 6.45) is 0.965. The van der Waals surface area contributed by atoms with E-state index in [4.69, 9.17) is 23.2 Å². The van der Waals surface area contributed by atoms with Crippen molar-refractivity contribution in [1.29, 1.82) is 0 Å². The normalized spacial score (nSPS) is 12.8. The van der Waals surface area contributed by atoms with Gasteiger partial charge in [-0.1, -0.05) is 55.2 Å². The molecule has 0 unspecified atom stereocenters. The molecule has 2 amide bonds. The largest absolute Gasteiger partial charge is 0.352 e. The molecule has 0 fully saturated rings. The lowest BCUT2D eigenvalue weighted by Gasteiger charge is -2.33. The van der Waals surface area contributed by atoms with Crippen molar-refractivity contribution in [3.63, 3.8) is 0 Å². The summed E-state index contributed by atoms with van der Waals surface area (Å²) < 4.78 is 42.2. The highest BCUT2D eigenvalue weighted by Gasteiger charge is 2.34. The maximum Gasteiger partial charge on any atom is 0.264 e. The Morgan fingerprint density at radius 1 is 0.925 bits per heavy atom. The van der Waals surface area contributed by atoms with Gasteiger partial charge in [0.25, 0.3) is 10.0 Å². The van der Waals surface area contributed by atoms with Crippen LogP contribution in [0.3, 0.4) is 0 Å². The average molecular weight is 609 g/mol. The van der Waals surface area contributed by atoms with Crippen LogP contribution in [0.1, 0.15) is 39.2 Å². The van der Waals surface area contributed by atoms with Crippen LogP contribution in [0.5, 0.6) is 0 Å². The molecular formula is C29H32Cl2FN3O4S. The van der Waals surface area contributed by atoms with Crippen molar-refractivity contribution in [2.45, 2.75) is 57.1 Å². The van der Waals surface area contributed by atoms with E-state index < -0.39 is 34.3 Å². The maximum atomic E-state index is 14.0. The molecule has 0 spiro atoms. The highest BCUT2D eigenvalue weighted by Crippen LogP contribution is 2.27. The zero-order valence-corrected chi connectivity index (χ0v) is 24.8. The summed E-state index contributed by atoms with van der Waals surface area (Å²) >= 11 is 12.2. The number of sulfonamides is 1. The van der Waals surface area contributed by atoms with E-state index in [1.54, 1.807) is 19.1 Å². The minimum Gasteiger partial charge on any atom is -0.352 e.